The molecule has 0 aromatic heterocycles. The van der Waals surface area contributed by atoms with E-state index in [2.05, 4.69) is 5.32 Å². The fourth-order valence-corrected chi connectivity index (χ4v) is 3.14. The number of amides is 2. The molecule has 3 rings (SSSR count). The third-order valence-electron chi connectivity index (χ3n) is 4.60. The van der Waals surface area contributed by atoms with Crippen LogP contribution in [0.3, 0.4) is 0 Å². The molecule has 1 saturated heterocycles. The molecule has 6 nitrogen and oxygen atoms in total. The van der Waals surface area contributed by atoms with Gasteiger partial charge in [0, 0.05) is 30.3 Å². The van der Waals surface area contributed by atoms with Gasteiger partial charge in [-0.15, -0.1) is 0 Å². The lowest BCUT2D eigenvalue weighted by Crippen LogP contribution is -2.45. The molecule has 0 radical (unpaired) electrons. The Balaban J connectivity index is 1.67. The standard InChI is InChI=1S/C18H22N2O4/c1-11-8-14(18(23)24)10-20(9-11)17(22)13-4-2-12(3-5-13)16(21)19-15-6-7-15/h2-5,11,14-15H,6-10H2,1H3,(H,19,21)(H,23,24). The Bertz CT molecular complexity index is 651. The number of hydrogen-bond acceptors (Lipinski definition) is 3. The first-order chi connectivity index (χ1) is 11.4. The third-order valence-corrected chi connectivity index (χ3v) is 4.60. The highest BCUT2D eigenvalue weighted by Crippen LogP contribution is 2.23. The maximum absolute atomic E-state index is 12.6. The smallest absolute Gasteiger partial charge is 0.308 e. The summed E-state index contributed by atoms with van der Waals surface area (Å²) in [6, 6.07) is 6.86. The van der Waals surface area contributed by atoms with Gasteiger partial charge in [0.25, 0.3) is 11.8 Å². The zero-order valence-electron chi connectivity index (χ0n) is 13.7. The minimum absolute atomic E-state index is 0.117. The molecule has 2 fully saturated rings. The number of nitrogens with one attached hydrogen (secondary N) is 1. The van der Waals surface area contributed by atoms with E-state index in [9.17, 15) is 19.5 Å². The van der Waals surface area contributed by atoms with Crippen LogP contribution in [0, 0.1) is 11.8 Å². The molecule has 1 aliphatic carbocycles. The maximum atomic E-state index is 12.6. The fourth-order valence-electron chi connectivity index (χ4n) is 3.14. The van der Waals surface area contributed by atoms with Crippen molar-refractivity contribution < 1.29 is 19.5 Å². The third kappa shape index (κ3) is 3.75. The molecule has 1 heterocycles. The van der Waals surface area contributed by atoms with Gasteiger partial charge in [-0.1, -0.05) is 6.92 Å². The van der Waals surface area contributed by atoms with E-state index in [0.29, 0.717) is 30.1 Å². The Labute approximate surface area is 140 Å². The predicted octanol–water partition coefficient (Wildman–Crippen LogP) is 1.76. The Morgan fingerprint density at radius 3 is 2.29 bits per heavy atom. The highest BCUT2D eigenvalue weighted by Gasteiger charge is 2.32. The molecule has 0 spiro atoms. The second-order valence-corrected chi connectivity index (χ2v) is 6.91. The van der Waals surface area contributed by atoms with Crippen molar-refractivity contribution >= 4 is 17.8 Å². The summed E-state index contributed by atoms with van der Waals surface area (Å²) in [5, 5.41) is 12.1. The zero-order valence-corrected chi connectivity index (χ0v) is 13.7. The normalized spacial score (nSPS) is 23.6. The predicted molar refractivity (Wildman–Crippen MR) is 87.7 cm³/mol. The number of likely N-dealkylation sites (tertiary alicyclic amines) is 1. The van der Waals surface area contributed by atoms with Crippen molar-refractivity contribution in [2.45, 2.75) is 32.2 Å². The minimum atomic E-state index is -0.855. The quantitative estimate of drug-likeness (QED) is 0.881. The number of benzene rings is 1. The SMILES string of the molecule is CC1CC(C(=O)O)CN(C(=O)c2ccc(C(=O)NC3CC3)cc2)C1. The highest BCUT2D eigenvalue weighted by molar-refractivity contribution is 5.98. The number of aliphatic carboxylic acids is 1. The van der Waals surface area contributed by atoms with Crippen LogP contribution in [0.2, 0.25) is 0 Å². The Morgan fingerprint density at radius 1 is 1.08 bits per heavy atom. The van der Waals surface area contributed by atoms with Crippen molar-refractivity contribution in [3.05, 3.63) is 35.4 Å². The lowest BCUT2D eigenvalue weighted by atomic mass is 9.90. The summed E-state index contributed by atoms with van der Waals surface area (Å²) in [5.74, 6) is -1.50. The summed E-state index contributed by atoms with van der Waals surface area (Å²) < 4.78 is 0. The average molecular weight is 330 g/mol. The number of hydrogen-bond donors (Lipinski definition) is 2. The molecule has 2 amide bonds. The largest absolute Gasteiger partial charge is 0.481 e. The second-order valence-electron chi connectivity index (χ2n) is 6.91. The Hall–Kier alpha value is -2.37. The van der Waals surface area contributed by atoms with Crippen LogP contribution in [-0.2, 0) is 4.79 Å². The van der Waals surface area contributed by atoms with Crippen molar-refractivity contribution in [2.24, 2.45) is 11.8 Å². The number of rotatable bonds is 4. The van der Waals surface area contributed by atoms with Gasteiger partial charge in [0.05, 0.1) is 5.92 Å². The molecule has 2 atom stereocenters. The van der Waals surface area contributed by atoms with E-state index in [1.807, 2.05) is 6.92 Å². The number of carbonyl (C=O) groups excluding carboxylic acids is 2. The number of carboxylic acid groups (broad SMARTS) is 1. The first-order valence-electron chi connectivity index (χ1n) is 8.37. The lowest BCUT2D eigenvalue weighted by Gasteiger charge is -2.34. The summed E-state index contributed by atoms with van der Waals surface area (Å²) >= 11 is 0. The summed E-state index contributed by atoms with van der Waals surface area (Å²) in [6.07, 6.45) is 2.65. The van der Waals surface area contributed by atoms with Gasteiger partial charge in [0.2, 0.25) is 0 Å². The zero-order chi connectivity index (χ0) is 17.3. The van der Waals surface area contributed by atoms with Crippen LogP contribution in [0.25, 0.3) is 0 Å². The fraction of sp³-hybridized carbons (Fsp3) is 0.500. The lowest BCUT2D eigenvalue weighted by molar-refractivity contribution is -0.143. The van der Waals surface area contributed by atoms with Gasteiger partial charge < -0.3 is 15.3 Å². The molecule has 2 aliphatic rings. The van der Waals surface area contributed by atoms with Crippen LogP contribution in [0.5, 0.6) is 0 Å². The monoisotopic (exact) mass is 330 g/mol. The number of carboxylic acids is 1. The van der Waals surface area contributed by atoms with Crippen molar-refractivity contribution in [3.8, 4) is 0 Å². The maximum Gasteiger partial charge on any atom is 0.308 e. The van der Waals surface area contributed by atoms with E-state index in [-0.39, 0.29) is 24.3 Å². The Kier molecular flexibility index (Phi) is 4.55. The average Bonchev–Trinajstić information content (AvgIpc) is 3.37. The van der Waals surface area contributed by atoms with E-state index < -0.39 is 11.9 Å². The number of piperidine rings is 1. The van der Waals surface area contributed by atoms with Crippen LogP contribution in [0.4, 0.5) is 0 Å². The van der Waals surface area contributed by atoms with Crippen molar-refractivity contribution in [2.75, 3.05) is 13.1 Å². The first kappa shape index (κ1) is 16.5. The topological polar surface area (TPSA) is 86.7 Å². The van der Waals surface area contributed by atoms with E-state index in [1.54, 1.807) is 29.2 Å². The van der Waals surface area contributed by atoms with Gasteiger partial charge in [-0.2, -0.15) is 0 Å². The summed E-state index contributed by atoms with van der Waals surface area (Å²) in [4.78, 5) is 37.4. The van der Waals surface area contributed by atoms with E-state index in [0.717, 1.165) is 12.8 Å². The van der Waals surface area contributed by atoms with Gasteiger partial charge in [-0.3, -0.25) is 14.4 Å². The van der Waals surface area contributed by atoms with Crippen molar-refractivity contribution in [1.82, 2.24) is 10.2 Å². The number of carbonyl (C=O) groups is 3. The molecule has 2 N–H and O–H groups in total. The number of nitrogens with zero attached hydrogens (tertiary/aromatic N) is 1. The van der Waals surface area contributed by atoms with E-state index in [4.69, 9.17) is 0 Å². The summed E-state index contributed by atoms with van der Waals surface area (Å²) in [7, 11) is 0. The molecule has 1 aliphatic heterocycles. The van der Waals surface area contributed by atoms with Crippen molar-refractivity contribution in [3.63, 3.8) is 0 Å². The molecule has 1 aromatic rings. The van der Waals surface area contributed by atoms with E-state index in [1.165, 1.54) is 0 Å². The van der Waals surface area contributed by atoms with Crippen LogP contribution >= 0.6 is 0 Å². The van der Waals surface area contributed by atoms with Gasteiger partial charge in [-0.25, -0.2) is 0 Å². The van der Waals surface area contributed by atoms with Gasteiger partial charge in [0.15, 0.2) is 0 Å². The van der Waals surface area contributed by atoms with Crippen LogP contribution in [-0.4, -0.2) is 46.9 Å². The molecule has 128 valence electrons. The van der Waals surface area contributed by atoms with Crippen LogP contribution in [0.15, 0.2) is 24.3 Å². The summed E-state index contributed by atoms with van der Waals surface area (Å²) in [5.41, 5.74) is 1.02. The van der Waals surface area contributed by atoms with Crippen LogP contribution < -0.4 is 5.32 Å². The second kappa shape index (κ2) is 6.63. The molecule has 6 heteroatoms. The molecule has 0 bridgehead atoms. The summed E-state index contributed by atoms with van der Waals surface area (Å²) in [6.45, 7) is 2.76. The highest BCUT2D eigenvalue weighted by atomic mass is 16.4. The van der Waals surface area contributed by atoms with Crippen molar-refractivity contribution in [1.29, 1.82) is 0 Å². The van der Waals surface area contributed by atoms with Gasteiger partial charge in [0.1, 0.15) is 0 Å². The Morgan fingerprint density at radius 2 is 1.71 bits per heavy atom. The first-order valence-corrected chi connectivity index (χ1v) is 8.37. The van der Waals surface area contributed by atoms with Gasteiger partial charge in [-0.05, 0) is 49.4 Å². The molecule has 2 unspecified atom stereocenters. The molecule has 24 heavy (non-hydrogen) atoms. The molecule has 1 aromatic carbocycles. The minimum Gasteiger partial charge on any atom is -0.481 e. The molecular formula is C18H22N2O4. The van der Waals surface area contributed by atoms with E-state index >= 15 is 0 Å². The molecule has 1 saturated carbocycles. The molecular weight excluding hydrogens is 308 g/mol. The van der Waals surface area contributed by atoms with Gasteiger partial charge >= 0.3 is 5.97 Å². The van der Waals surface area contributed by atoms with Crippen LogP contribution in [0.1, 0.15) is 46.9 Å².